The van der Waals surface area contributed by atoms with Gasteiger partial charge in [0.05, 0.1) is 5.69 Å². The van der Waals surface area contributed by atoms with Gasteiger partial charge < -0.3 is 0 Å². The van der Waals surface area contributed by atoms with Crippen LogP contribution in [0, 0.1) is 4.78 Å². The molecular weight excluding hydrogens is 242 g/mol. The Morgan fingerprint density at radius 3 is 2.92 bits per heavy atom. The van der Waals surface area contributed by atoms with Gasteiger partial charge in [-0.1, -0.05) is 0 Å². The first-order valence-corrected chi connectivity index (χ1v) is 5.86. The number of nitrogens with one attached hydrogen (secondary N) is 2. The van der Waals surface area contributed by atoms with Crippen LogP contribution in [0.4, 0.5) is 5.69 Å². The van der Waals surface area contributed by atoms with Gasteiger partial charge in [-0.2, -0.15) is 0 Å². The van der Waals surface area contributed by atoms with Crippen LogP contribution in [-0.4, -0.2) is 15.4 Å². The SMILES string of the molecule is CS(=N)(=O)Nc1ccnc(Br)c1. The van der Waals surface area contributed by atoms with Crippen LogP contribution in [0.5, 0.6) is 0 Å². The van der Waals surface area contributed by atoms with Crippen molar-refractivity contribution in [2.45, 2.75) is 0 Å². The first kappa shape index (κ1) is 9.47. The lowest BCUT2D eigenvalue weighted by Crippen LogP contribution is -2.07. The molecule has 12 heavy (non-hydrogen) atoms. The topological polar surface area (TPSA) is 65.8 Å². The Morgan fingerprint density at radius 2 is 2.42 bits per heavy atom. The van der Waals surface area contributed by atoms with E-state index in [1.165, 1.54) is 6.26 Å². The zero-order chi connectivity index (χ0) is 9.19. The summed E-state index contributed by atoms with van der Waals surface area (Å²) in [7, 11) is -2.69. The number of hydrogen-bond acceptors (Lipinski definition) is 3. The third-order valence-electron chi connectivity index (χ3n) is 1.04. The molecule has 0 bridgehead atoms. The predicted molar refractivity (Wildman–Crippen MR) is 52.3 cm³/mol. The van der Waals surface area contributed by atoms with Crippen LogP contribution < -0.4 is 4.72 Å². The Hall–Kier alpha value is -0.620. The number of aromatic nitrogens is 1. The Labute approximate surface area is 79.6 Å². The monoisotopic (exact) mass is 249 g/mol. The third-order valence-corrected chi connectivity index (χ3v) is 2.10. The molecule has 1 unspecified atom stereocenters. The van der Waals surface area contributed by atoms with Crippen LogP contribution >= 0.6 is 15.9 Å². The minimum atomic E-state index is -2.69. The van der Waals surface area contributed by atoms with Crippen molar-refractivity contribution in [3.8, 4) is 0 Å². The highest BCUT2D eigenvalue weighted by Gasteiger charge is 1.98. The van der Waals surface area contributed by atoms with E-state index in [9.17, 15) is 4.21 Å². The van der Waals surface area contributed by atoms with E-state index in [1.54, 1.807) is 18.3 Å². The number of anilines is 1. The minimum absolute atomic E-state index is 0.624. The van der Waals surface area contributed by atoms with Crippen molar-refractivity contribution in [2.24, 2.45) is 0 Å². The number of halogens is 1. The summed E-state index contributed by atoms with van der Waals surface area (Å²) >= 11 is 3.16. The Kier molecular flexibility index (Phi) is 2.69. The maximum absolute atomic E-state index is 11.0. The largest absolute Gasteiger partial charge is 0.299 e. The highest BCUT2D eigenvalue weighted by molar-refractivity contribution is 9.10. The maximum Gasteiger partial charge on any atom is 0.123 e. The minimum Gasteiger partial charge on any atom is -0.299 e. The molecule has 4 nitrogen and oxygen atoms in total. The smallest absolute Gasteiger partial charge is 0.123 e. The molecule has 0 saturated carbocycles. The summed E-state index contributed by atoms with van der Waals surface area (Å²) in [5.74, 6) is 0. The number of hydrogen-bond donors (Lipinski definition) is 2. The highest BCUT2D eigenvalue weighted by Crippen LogP contribution is 2.13. The van der Waals surface area contributed by atoms with Crippen molar-refractivity contribution in [1.29, 1.82) is 4.78 Å². The van der Waals surface area contributed by atoms with E-state index < -0.39 is 9.92 Å². The average Bonchev–Trinajstić information content (AvgIpc) is 1.82. The van der Waals surface area contributed by atoms with Crippen LogP contribution in [0.3, 0.4) is 0 Å². The van der Waals surface area contributed by atoms with Gasteiger partial charge in [0.15, 0.2) is 0 Å². The van der Waals surface area contributed by atoms with Crippen molar-refractivity contribution in [3.63, 3.8) is 0 Å². The molecule has 1 heterocycles. The fourth-order valence-electron chi connectivity index (χ4n) is 0.691. The maximum atomic E-state index is 11.0. The lowest BCUT2D eigenvalue weighted by atomic mass is 10.4. The lowest BCUT2D eigenvalue weighted by Gasteiger charge is -2.04. The summed E-state index contributed by atoms with van der Waals surface area (Å²) in [6.45, 7) is 0. The van der Waals surface area contributed by atoms with Gasteiger partial charge in [-0.05, 0) is 28.1 Å². The molecule has 1 aromatic rings. The highest BCUT2D eigenvalue weighted by atomic mass is 79.9. The average molecular weight is 250 g/mol. The molecule has 0 radical (unpaired) electrons. The van der Waals surface area contributed by atoms with E-state index in [4.69, 9.17) is 4.78 Å². The van der Waals surface area contributed by atoms with E-state index in [0.717, 1.165) is 0 Å². The molecule has 0 fully saturated rings. The molecule has 0 aliphatic rings. The van der Waals surface area contributed by atoms with Crippen molar-refractivity contribution in [1.82, 2.24) is 4.98 Å². The number of rotatable bonds is 2. The summed E-state index contributed by atoms with van der Waals surface area (Å²) in [6, 6.07) is 3.32. The van der Waals surface area contributed by atoms with Gasteiger partial charge in [-0.3, -0.25) is 4.72 Å². The molecule has 1 atom stereocenters. The van der Waals surface area contributed by atoms with E-state index in [2.05, 4.69) is 25.6 Å². The van der Waals surface area contributed by atoms with E-state index in [1.807, 2.05) is 0 Å². The molecule has 0 aliphatic carbocycles. The molecule has 0 saturated heterocycles. The standard InChI is InChI=1S/C6H8BrN3OS/c1-12(8,11)10-5-2-3-9-6(7)4-5/h2-4H,1H3,(H2,8,9,10,11). The molecular formula is C6H8BrN3OS. The summed E-state index contributed by atoms with van der Waals surface area (Å²) in [6.07, 6.45) is 2.89. The molecule has 2 N–H and O–H groups in total. The zero-order valence-corrected chi connectivity index (χ0v) is 8.78. The summed E-state index contributed by atoms with van der Waals surface area (Å²) in [5, 5.41) is 0. The van der Waals surface area contributed by atoms with Gasteiger partial charge in [-0.25, -0.2) is 14.0 Å². The quantitative estimate of drug-likeness (QED) is 0.786. The van der Waals surface area contributed by atoms with E-state index in [0.29, 0.717) is 10.3 Å². The molecule has 0 amide bonds. The van der Waals surface area contributed by atoms with Gasteiger partial charge in [0, 0.05) is 12.5 Å². The summed E-state index contributed by atoms with van der Waals surface area (Å²) in [4.78, 5) is 3.89. The zero-order valence-electron chi connectivity index (χ0n) is 6.37. The van der Waals surface area contributed by atoms with Gasteiger partial charge in [0.25, 0.3) is 0 Å². The van der Waals surface area contributed by atoms with Gasteiger partial charge in [0.1, 0.15) is 14.5 Å². The molecule has 0 aromatic carbocycles. The van der Waals surface area contributed by atoms with E-state index >= 15 is 0 Å². The van der Waals surface area contributed by atoms with Crippen molar-refractivity contribution in [3.05, 3.63) is 22.9 Å². The molecule has 0 aliphatic heterocycles. The van der Waals surface area contributed by atoms with E-state index in [-0.39, 0.29) is 0 Å². The first-order chi connectivity index (χ1) is 5.47. The molecule has 66 valence electrons. The van der Waals surface area contributed by atoms with Gasteiger partial charge in [0.2, 0.25) is 0 Å². The summed E-state index contributed by atoms with van der Waals surface area (Å²) < 4.78 is 21.3. The second-order valence-corrected chi connectivity index (χ2v) is 5.02. The van der Waals surface area contributed by atoms with Crippen LogP contribution in [0.2, 0.25) is 0 Å². The fourth-order valence-corrected chi connectivity index (χ4v) is 1.63. The Bertz CT molecular complexity index is 376. The van der Waals surface area contributed by atoms with Crippen molar-refractivity contribution < 1.29 is 4.21 Å². The molecule has 6 heteroatoms. The third kappa shape index (κ3) is 3.19. The Morgan fingerprint density at radius 1 is 1.75 bits per heavy atom. The Balaban J connectivity index is 2.91. The summed E-state index contributed by atoms with van der Waals surface area (Å²) in [5.41, 5.74) is 0.624. The van der Waals surface area contributed by atoms with Crippen molar-refractivity contribution >= 4 is 31.5 Å². The predicted octanol–water partition coefficient (Wildman–Crippen LogP) is 1.85. The van der Waals surface area contributed by atoms with Crippen LogP contribution in [0.1, 0.15) is 0 Å². The number of pyridine rings is 1. The fraction of sp³-hybridized carbons (Fsp3) is 0.167. The molecule has 1 aromatic heterocycles. The van der Waals surface area contributed by atoms with Crippen LogP contribution in [0.25, 0.3) is 0 Å². The van der Waals surface area contributed by atoms with Crippen LogP contribution in [-0.2, 0) is 9.92 Å². The van der Waals surface area contributed by atoms with Crippen LogP contribution in [0.15, 0.2) is 22.9 Å². The van der Waals surface area contributed by atoms with Crippen molar-refractivity contribution in [2.75, 3.05) is 11.0 Å². The molecule has 1 rings (SSSR count). The second kappa shape index (κ2) is 3.40. The number of nitrogens with zero attached hydrogens (tertiary/aromatic N) is 1. The van der Waals surface area contributed by atoms with Gasteiger partial charge >= 0.3 is 0 Å². The second-order valence-electron chi connectivity index (χ2n) is 2.31. The normalized spacial score (nSPS) is 15.2. The molecule has 0 spiro atoms. The first-order valence-electron chi connectivity index (χ1n) is 3.10. The van der Waals surface area contributed by atoms with Gasteiger partial charge in [-0.15, -0.1) is 0 Å². The lowest BCUT2D eigenvalue weighted by molar-refractivity contribution is 0.682.